The van der Waals surface area contributed by atoms with Crippen LogP contribution in [0.15, 0.2) is 24.3 Å². The molecule has 3 heterocycles. The van der Waals surface area contributed by atoms with E-state index in [0.29, 0.717) is 13.1 Å². The summed E-state index contributed by atoms with van der Waals surface area (Å²) in [6.07, 6.45) is -0.567. The van der Waals surface area contributed by atoms with E-state index in [0.717, 1.165) is 42.3 Å². The molecule has 2 aliphatic heterocycles. The van der Waals surface area contributed by atoms with Crippen LogP contribution in [-0.2, 0) is 14.9 Å². The van der Waals surface area contributed by atoms with Crippen molar-refractivity contribution in [3.63, 3.8) is 0 Å². The minimum atomic E-state index is -0.830. The first-order chi connectivity index (χ1) is 15.5. The second-order valence-electron chi connectivity index (χ2n) is 11.0. The Labute approximate surface area is 196 Å². The quantitative estimate of drug-likeness (QED) is 0.672. The molecule has 0 saturated carbocycles. The van der Waals surface area contributed by atoms with Gasteiger partial charge in [0.15, 0.2) is 0 Å². The van der Waals surface area contributed by atoms with E-state index in [-0.39, 0.29) is 29.1 Å². The molecule has 0 amide bonds. The minimum Gasteiger partial charge on any atom is -0.469 e. The van der Waals surface area contributed by atoms with Gasteiger partial charge in [-0.25, -0.2) is 9.07 Å². The van der Waals surface area contributed by atoms with Crippen LogP contribution in [0.1, 0.15) is 55.6 Å². The number of methoxy groups -OCH3 is 1. The van der Waals surface area contributed by atoms with Gasteiger partial charge >= 0.3 is 5.97 Å². The standard InChI is InChI=1S/C26H37FN4O2/c1-17-7-18(2)31(29-17)22-9-19(8-21(11-22)25(3,4)5)20(10-24(32)33-6)12-30-13-23(27)26(16-30)14-28-15-26/h7-9,11,20,23,28H,10,12-16H2,1-6H3/t20-,23?/m1/s1. The van der Waals surface area contributed by atoms with Crippen LogP contribution in [0.25, 0.3) is 5.69 Å². The first-order valence-electron chi connectivity index (χ1n) is 11.8. The highest BCUT2D eigenvalue weighted by atomic mass is 19.1. The molecule has 1 spiro atoms. The van der Waals surface area contributed by atoms with Crippen molar-refractivity contribution >= 4 is 5.97 Å². The monoisotopic (exact) mass is 456 g/mol. The Bertz CT molecular complexity index is 1020. The lowest BCUT2D eigenvalue weighted by Crippen LogP contribution is -2.58. The van der Waals surface area contributed by atoms with Crippen LogP contribution in [-0.4, -0.2) is 66.7 Å². The van der Waals surface area contributed by atoms with Gasteiger partial charge in [0.25, 0.3) is 0 Å². The van der Waals surface area contributed by atoms with Crippen LogP contribution in [0.4, 0.5) is 4.39 Å². The first-order valence-corrected chi connectivity index (χ1v) is 11.8. The van der Waals surface area contributed by atoms with Gasteiger partial charge in [-0.3, -0.25) is 9.69 Å². The van der Waals surface area contributed by atoms with Gasteiger partial charge in [-0.1, -0.05) is 26.8 Å². The zero-order valence-corrected chi connectivity index (χ0v) is 20.7. The molecule has 1 aromatic carbocycles. The molecule has 0 radical (unpaired) electrons. The molecule has 0 bridgehead atoms. The van der Waals surface area contributed by atoms with Gasteiger partial charge in [-0.05, 0) is 48.6 Å². The van der Waals surface area contributed by atoms with Crippen LogP contribution < -0.4 is 5.32 Å². The summed E-state index contributed by atoms with van der Waals surface area (Å²) in [4.78, 5) is 14.6. The van der Waals surface area contributed by atoms with E-state index < -0.39 is 6.17 Å². The number of alkyl halides is 1. The first kappa shape index (κ1) is 23.9. The Balaban J connectivity index is 1.71. The van der Waals surface area contributed by atoms with Crippen molar-refractivity contribution in [3.05, 3.63) is 46.8 Å². The Morgan fingerprint density at radius 1 is 1.27 bits per heavy atom. The summed E-state index contributed by atoms with van der Waals surface area (Å²) in [7, 11) is 1.43. The number of nitrogens with zero attached hydrogens (tertiary/aromatic N) is 3. The van der Waals surface area contributed by atoms with Crippen LogP contribution in [0, 0.1) is 19.3 Å². The molecule has 33 heavy (non-hydrogen) atoms. The highest BCUT2D eigenvalue weighted by Gasteiger charge is 2.51. The molecular weight excluding hydrogens is 419 g/mol. The molecule has 1 aromatic heterocycles. The van der Waals surface area contributed by atoms with Crippen molar-refractivity contribution in [1.29, 1.82) is 0 Å². The van der Waals surface area contributed by atoms with Crippen molar-refractivity contribution in [2.45, 2.75) is 58.5 Å². The van der Waals surface area contributed by atoms with Crippen molar-refractivity contribution in [2.24, 2.45) is 5.41 Å². The zero-order chi connectivity index (χ0) is 24.0. The number of aryl methyl sites for hydroxylation is 2. The summed E-state index contributed by atoms with van der Waals surface area (Å²) in [6, 6.07) is 8.58. The number of carbonyl (C=O) groups excluding carboxylic acids is 1. The normalized spacial score (nSPS) is 21.2. The third-order valence-corrected chi connectivity index (χ3v) is 7.23. The average Bonchev–Trinajstić information content (AvgIpc) is 3.24. The molecule has 2 aromatic rings. The Hall–Kier alpha value is -2.25. The molecule has 6 nitrogen and oxygen atoms in total. The molecule has 1 N–H and O–H groups in total. The van der Waals surface area contributed by atoms with Gasteiger partial charge < -0.3 is 10.1 Å². The van der Waals surface area contributed by atoms with E-state index >= 15 is 0 Å². The highest BCUT2D eigenvalue weighted by molar-refractivity contribution is 5.70. The Morgan fingerprint density at radius 3 is 2.52 bits per heavy atom. The smallest absolute Gasteiger partial charge is 0.306 e. The molecule has 2 aliphatic rings. The van der Waals surface area contributed by atoms with E-state index in [4.69, 9.17) is 9.84 Å². The van der Waals surface area contributed by atoms with Crippen molar-refractivity contribution < 1.29 is 13.9 Å². The third-order valence-electron chi connectivity index (χ3n) is 7.23. The van der Waals surface area contributed by atoms with Gasteiger partial charge in [-0.2, -0.15) is 5.10 Å². The molecule has 7 heteroatoms. The summed E-state index contributed by atoms with van der Waals surface area (Å²) < 4.78 is 21.8. The lowest BCUT2D eigenvalue weighted by molar-refractivity contribution is -0.141. The SMILES string of the molecule is COC(=O)C[C@H](CN1CC(F)C2(CNC2)C1)c1cc(-n2nc(C)cc2C)cc(C(C)(C)C)c1. The molecular formula is C26H37FN4O2. The number of carbonyl (C=O) groups is 1. The van der Waals surface area contributed by atoms with Crippen LogP contribution in [0.3, 0.4) is 0 Å². The second-order valence-corrected chi connectivity index (χ2v) is 11.0. The van der Waals surface area contributed by atoms with Gasteiger partial charge in [0.2, 0.25) is 0 Å². The van der Waals surface area contributed by atoms with E-state index in [9.17, 15) is 9.18 Å². The van der Waals surface area contributed by atoms with Crippen molar-refractivity contribution in [2.75, 3.05) is 39.8 Å². The topological polar surface area (TPSA) is 59.4 Å². The fourth-order valence-electron chi connectivity index (χ4n) is 5.15. The van der Waals surface area contributed by atoms with E-state index in [2.05, 4.69) is 55.3 Å². The molecule has 1 unspecified atom stereocenters. The highest BCUT2D eigenvalue weighted by Crippen LogP contribution is 2.38. The summed E-state index contributed by atoms with van der Waals surface area (Å²) in [6.45, 7) is 13.8. The number of rotatable bonds is 6. The van der Waals surface area contributed by atoms with Gasteiger partial charge in [0, 0.05) is 49.8 Å². The Morgan fingerprint density at radius 2 is 2.00 bits per heavy atom. The molecule has 2 saturated heterocycles. The summed E-state index contributed by atoms with van der Waals surface area (Å²) >= 11 is 0. The lowest BCUT2D eigenvalue weighted by atomic mass is 9.80. The number of benzene rings is 1. The van der Waals surface area contributed by atoms with E-state index in [1.54, 1.807) is 0 Å². The number of esters is 1. The van der Waals surface area contributed by atoms with E-state index in [1.807, 2.05) is 18.5 Å². The third kappa shape index (κ3) is 4.85. The largest absolute Gasteiger partial charge is 0.469 e. The molecule has 2 atom stereocenters. The molecule has 2 fully saturated rings. The van der Waals surface area contributed by atoms with Gasteiger partial charge in [0.1, 0.15) is 6.17 Å². The number of likely N-dealkylation sites (tertiary alicyclic amines) is 1. The molecule has 4 rings (SSSR count). The van der Waals surface area contributed by atoms with Gasteiger partial charge in [0.05, 0.1) is 24.9 Å². The summed E-state index contributed by atoms with van der Waals surface area (Å²) in [5, 5.41) is 7.92. The fraction of sp³-hybridized carbons (Fsp3) is 0.615. The number of halogens is 1. The number of hydrogen-bond acceptors (Lipinski definition) is 5. The predicted molar refractivity (Wildman–Crippen MR) is 128 cm³/mol. The summed E-state index contributed by atoms with van der Waals surface area (Å²) in [5.74, 6) is -0.337. The van der Waals surface area contributed by atoms with Crippen molar-refractivity contribution in [1.82, 2.24) is 20.0 Å². The maximum absolute atomic E-state index is 14.8. The minimum absolute atomic E-state index is 0.0734. The zero-order valence-electron chi connectivity index (χ0n) is 20.7. The Kier molecular flexibility index (Phi) is 6.40. The average molecular weight is 457 g/mol. The lowest BCUT2D eigenvalue weighted by Gasteiger charge is -2.40. The maximum atomic E-state index is 14.8. The molecule has 180 valence electrons. The van der Waals surface area contributed by atoms with Crippen molar-refractivity contribution in [3.8, 4) is 5.69 Å². The van der Waals surface area contributed by atoms with Gasteiger partial charge in [-0.15, -0.1) is 0 Å². The van der Waals surface area contributed by atoms with Crippen LogP contribution in [0.2, 0.25) is 0 Å². The predicted octanol–water partition coefficient (Wildman–Crippen LogP) is 3.68. The second kappa shape index (κ2) is 8.84. The number of nitrogens with one attached hydrogen (secondary N) is 1. The number of aromatic nitrogens is 2. The molecule has 0 aliphatic carbocycles. The van der Waals surface area contributed by atoms with E-state index in [1.165, 1.54) is 12.7 Å². The van der Waals surface area contributed by atoms with Crippen LogP contribution in [0.5, 0.6) is 0 Å². The summed E-state index contributed by atoms with van der Waals surface area (Å²) in [5.41, 5.74) is 4.93. The fourth-order valence-corrected chi connectivity index (χ4v) is 5.15. The number of hydrogen-bond donors (Lipinski definition) is 1. The van der Waals surface area contributed by atoms with Crippen LogP contribution >= 0.6 is 0 Å². The number of ether oxygens (including phenoxy) is 1. The maximum Gasteiger partial charge on any atom is 0.306 e.